The lowest BCUT2D eigenvalue weighted by Gasteiger charge is -2.43. The van der Waals surface area contributed by atoms with E-state index in [4.69, 9.17) is 44.0 Å². The molecule has 0 saturated heterocycles. The fourth-order valence-electron chi connectivity index (χ4n) is 2.32. The van der Waals surface area contributed by atoms with Crippen LogP contribution in [0, 0.1) is 0 Å². The summed E-state index contributed by atoms with van der Waals surface area (Å²) in [6.45, 7) is 17.6. The van der Waals surface area contributed by atoms with Gasteiger partial charge in [0.15, 0.2) is 8.32 Å². The van der Waals surface area contributed by atoms with Gasteiger partial charge in [0, 0.05) is 0 Å². The van der Waals surface area contributed by atoms with Gasteiger partial charge in [-0.05, 0) is 24.6 Å². The number of hydrogen-bond donors (Lipinski definition) is 0. The topological polar surface area (TPSA) is 30.8 Å². The Labute approximate surface area is 162 Å². The van der Waals surface area contributed by atoms with Gasteiger partial charge in [-0.1, -0.05) is 81.4 Å². The van der Waals surface area contributed by atoms with Gasteiger partial charge in [-0.3, -0.25) is 0 Å². The first-order valence-electron chi connectivity index (χ1n) is 8.40. The second kappa shape index (κ2) is 7.87. The third-order valence-corrected chi connectivity index (χ3v) is 9.94. The van der Waals surface area contributed by atoms with Crippen molar-refractivity contribution in [2.24, 2.45) is 4.99 Å². The average molecular weight is 415 g/mol. The van der Waals surface area contributed by atoms with E-state index in [1.807, 2.05) is 0 Å². The summed E-state index contributed by atoms with van der Waals surface area (Å²) < 4.78 is 10.6. The van der Waals surface area contributed by atoms with Gasteiger partial charge in [0.1, 0.15) is 12.1 Å². The minimum absolute atomic E-state index is 0.0983. The number of aliphatic imine (C=N–C) groups is 1. The van der Waals surface area contributed by atoms with Crippen molar-refractivity contribution in [1.82, 2.24) is 0 Å². The molecular formula is C17H30Cl3NO2Si. The number of unbranched alkanes of at least 4 members (excludes halogenated alkanes) is 1. The molecule has 0 N–H and O–H groups in total. The predicted octanol–water partition coefficient (Wildman–Crippen LogP) is 6.29. The summed E-state index contributed by atoms with van der Waals surface area (Å²) in [5.74, 6) is 0.118. The molecule has 0 radical (unpaired) electrons. The van der Waals surface area contributed by atoms with Gasteiger partial charge in [0.25, 0.3) is 3.79 Å². The van der Waals surface area contributed by atoms with Crippen LogP contribution in [-0.2, 0) is 9.16 Å². The molecule has 0 aliphatic carbocycles. The van der Waals surface area contributed by atoms with Crippen LogP contribution in [0.1, 0.15) is 47.0 Å². The lowest BCUT2D eigenvalue weighted by molar-refractivity contribution is 0.0909. The van der Waals surface area contributed by atoms with Crippen LogP contribution in [0.4, 0.5) is 0 Å². The summed E-state index contributed by atoms with van der Waals surface area (Å²) in [4.78, 5) is 4.61. The minimum atomic E-state index is -1.99. The van der Waals surface area contributed by atoms with E-state index in [0.29, 0.717) is 6.61 Å². The van der Waals surface area contributed by atoms with Crippen molar-refractivity contribution in [2.45, 2.75) is 80.5 Å². The summed E-state index contributed by atoms with van der Waals surface area (Å²) in [5.41, 5.74) is -0.704. The highest BCUT2D eigenvalue weighted by molar-refractivity contribution is 6.76. The Morgan fingerprint density at radius 2 is 1.96 bits per heavy atom. The zero-order valence-electron chi connectivity index (χ0n) is 15.6. The summed E-state index contributed by atoms with van der Waals surface area (Å²) in [6.07, 6.45) is 4.62. The first kappa shape index (κ1) is 22.3. The van der Waals surface area contributed by atoms with Crippen LogP contribution in [0.5, 0.6) is 0 Å². The van der Waals surface area contributed by atoms with Gasteiger partial charge >= 0.3 is 0 Å². The number of halogens is 3. The van der Waals surface area contributed by atoms with Gasteiger partial charge in [-0.25, -0.2) is 4.99 Å². The maximum Gasteiger partial charge on any atom is 0.266 e. The van der Waals surface area contributed by atoms with Crippen LogP contribution in [0.2, 0.25) is 18.1 Å². The molecule has 0 fully saturated rings. The fraction of sp³-hybridized carbons (Fsp3) is 0.824. The van der Waals surface area contributed by atoms with Crippen LogP contribution in [0.15, 0.2) is 17.6 Å². The molecule has 24 heavy (non-hydrogen) atoms. The van der Waals surface area contributed by atoms with Crippen molar-refractivity contribution in [3.05, 3.63) is 12.7 Å². The highest BCUT2D eigenvalue weighted by atomic mass is 35.6. The number of ether oxygens (including phenoxy) is 1. The number of hydrogen-bond acceptors (Lipinski definition) is 3. The van der Waals surface area contributed by atoms with Crippen molar-refractivity contribution in [3.63, 3.8) is 0 Å². The highest BCUT2D eigenvalue weighted by Gasteiger charge is 2.50. The molecule has 1 rings (SSSR count). The third-order valence-electron chi connectivity index (χ3n) is 4.97. The second-order valence-corrected chi connectivity index (χ2v) is 14.9. The van der Waals surface area contributed by atoms with E-state index >= 15 is 0 Å². The Morgan fingerprint density at radius 3 is 2.33 bits per heavy atom. The van der Waals surface area contributed by atoms with Gasteiger partial charge < -0.3 is 9.16 Å². The minimum Gasteiger partial charge on any atom is -0.475 e. The molecule has 140 valence electrons. The summed E-state index contributed by atoms with van der Waals surface area (Å²) in [5, 5.41) is 0.0983. The van der Waals surface area contributed by atoms with Crippen LogP contribution in [0.3, 0.4) is 0 Å². The van der Waals surface area contributed by atoms with Crippen LogP contribution >= 0.6 is 34.8 Å². The van der Waals surface area contributed by atoms with Crippen LogP contribution < -0.4 is 0 Å². The van der Waals surface area contributed by atoms with E-state index in [0.717, 1.165) is 19.3 Å². The maximum atomic E-state index is 6.69. The molecule has 1 aliphatic rings. The molecule has 0 aromatic heterocycles. The molecule has 0 bridgehead atoms. The lowest BCUT2D eigenvalue weighted by atomic mass is 9.91. The smallest absolute Gasteiger partial charge is 0.266 e. The molecule has 2 atom stereocenters. The van der Waals surface area contributed by atoms with Crippen molar-refractivity contribution >= 4 is 49.0 Å². The molecular weight excluding hydrogens is 385 g/mol. The van der Waals surface area contributed by atoms with Crippen molar-refractivity contribution in [2.75, 3.05) is 6.61 Å². The van der Waals surface area contributed by atoms with E-state index in [2.05, 4.69) is 52.4 Å². The SMILES string of the molecule is C=C[C@]1([C@@H](CCCC)O[Si](C)(C)C(C)(C)C)COC(C(Cl)(Cl)Cl)=N1. The highest BCUT2D eigenvalue weighted by Crippen LogP contribution is 2.42. The van der Waals surface area contributed by atoms with Crippen molar-refractivity contribution in [3.8, 4) is 0 Å². The molecule has 0 saturated carbocycles. The Morgan fingerprint density at radius 1 is 1.38 bits per heavy atom. The molecule has 0 spiro atoms. The summed E-state index contributed by atoms with van der Waals surface area (Å²) in [6, 6.07) is 0. The first-order valence-corrected chi connectivity index (χ1v) is 12.4. The van der Waals surface area contributed by atoms with E-state index in [1.165, 1.54) is 0 Å². The third kappa shape index (κ3) is 5.13. The molecule has 0 unspecified atom stereocenters. The average Bonchev–Trinajstić information content (AvgIpc) is 2.87. The van der Waals surface area contributed by atoms with Gasteiger partial charge in [0.2, 0.25) is 5.90 Å². The number of nitrogens with zero attached hydrogens (tertiary/aromatic N) is 1. The Kier molecular flexibility index (Phi) is 7.31. The van der Waals surface area contributed by atoms with Gasteiger partial charge in [-0.15, -0.1) is 6.58 Å². The molecule has 1 heterocycles. The molecule has 0 aromatic rings. The molecule has 0 amide bonds. The van der Waals surface area contributed by atoms with Crippen LogP contribution in [0.25, 0.3) is 0 Å². The van der Waals surface area contributed by atoms with Crippen LogP contribution in [-0.4, -0.2) is 36.3 Å². The zero-order chi connectivity index (χ0) is 18.8. The first-order chi connectivity index (χ1) is 10.8. The maximum absolute atomic E-state index is 6.69. The molecule has 7 heteroatoms. The zero-order valence-corrected chi connectivity index (χ0v) is 18.9. The van der Waals surface area contributed by atoms with E-state index in [1.54, 1.807) is 6.08 Å². The number of alkyl halides is 3. The van der Waals surface area contributed by atoms with E-state index in [-0.39, 0.29) is 17.0 Å². The largest absolute Gasteiger partial charge is 0.475 e. The van der Waals surface area contributed by atoms with E-state index < -0.39 is 17.6 Å². The molecule has 0 aromatic carbocycles. The van der Waals surface area contributed by atoms with Crippen molar-refractivity contribution in [1.29, 1.82) is 0 Å². The monoisotopic (exact) mass is 413 g/mol. The fourth-order valence-corrected chi connectivity index (χ4v) is 3.99. The Hall–Kier alpha value is 0.257. The Balaban J connectivity index is 3.19. The quantitative estimate of drug-likeness (QED) is 0.278. The summed E-state index contributed by atoms with van der Waals surface area (Å²) >= 11 is 17.8. The number of rotatable bonds is 7. The van der Waals surface area contributed by atoms with Gasteiger partial charge in [0.05, 0.1) is 6.10 Å². The van der Waals surface area contributed by atoms with E-state index in [9.17, 15) is 0 Å². The summed E-state index contributed by atoms with van der Waals surface area (Å²) in [7, 11) is -1.99. The lowest BCUT2D eigenvalue weighted by Crippen LogP contribution is -2.51. The second-order valence-electron chi connectivity index (χ2n) is 7.91. The van der Waals surface area contributed by atoms with Gasteiger partial charge in [-0.2, -0.15) is 0 Å². The van der Waals surface area contributed by atoms with Crippen molar-refractivity contribution < 1.29 is 9.16 Å². The standard InChI is InChI=1S/C17H30Cl3NO2Si/c1-8-10-11-13(23-24(6,7)15(3,4)5)16(9-2)12-22-14(21-16)17(18,19)20/h9,13H,2,8,10-12H2,1,3-7H3/t13-,16-/m1/s1. The molecule has 1 aliphatic heterocycles. The Bertz CT molecular complexity index is 483. The molecule has 3 nitrogen and oxygen atoms in total. The normalized spacial score (nSPS) is 23.6. The predicted molar refractivity (Wildman–Crippen MR) is 108 cm³/mol.